The lowest BCUT2D eigenvalue weighted by atomic mass is 9.76. The second-order valence-corrected chi connectivity index (χ2v) is 5.60. The van der Waals surface area contributed by atoms with Gasteiger partial charge in [-0.2, -0.15) is 0 Å². The molecule has 0 aliphatic heterocycles. The molecule has 1 amide bonds. The lowest BCUT2D eigenvalue weighted by molar-refractivity contribution is -0.133. The second-order valence-electron chi connectivity index (χ2n) is 5.60. The first-order chi connectivity index (χ1) is 7.20. The van der Waals surface area contributed by atoms with Crippen LogP contribution in [-0.4, -0.2) is 22.7 Å². The molecule has 0 saturated heterocycles. The number of aliphatic hydroxyl groups excluding tert-OH is 1. The van der Waals surface area contributed by atoms with Crippen molar-refractivity contribution in [3.8, 4) is 0 Å². The molecule has 0 spiro atoms. The van der Waals surface area contributed by atoms with Gasteiger partial charge in [-0.05, 0) is 44.4 Å². The van der Waals surface area contributed by atoms with Gasteiger partial charge in [0.05, 0.1) is 6.10 Å². The lowest BCUT2D eigenvalue weighted by Gasteiger charge is -2.37. The Labute approximate surface area is 90.2 Å². The SMILES string of the molecule is O=C(NC1(C2CCC2)CC1)C1CC(O)C1. The van der Waals surface area contributed by atoms with Crippen LogP contribution >= 0.6 is 0 Å². The highest BCUT2D eigenvalue weighted by molar-refractivity contribution is 5.81. The van der Waals surface area contributed by atoms with E-state index in [1.165, 1.54) is 32.1 Å². The Bertz CT molecular complexity index is 275. The summed E-state index contributed by atoms with van der Waals surface area (Å²) in [5, 5.41) is 12.4. The van der Waals surface area contributed by atoms with Gasteiger partial charge in [-0.15, -0.1) is 0 Å². The van der Waals surface area contributed by atoms with Crippen LogP contribution in [0.4, 0.5) is 0 Å². The van der Waals surface area contributed by atoms with E-state index >= 15 is 0 Å². The summed E-state index contributed by atoms with van der Waals surface area (Å²) < 4.78 is 0. The Morgan fingerprint density at radius 2 is 1.93 bits per heavy atom. The quantitative estimate of drug-likeness (QED) is 0.734. The van der Waals surface area contributed by atoms with Crippen LogP contribution in [0.25, 0.3) is 0 Å². The number of rotatable bonds is 3. The number of hydrogen-bond donors (Lipinski definition) is 2. The third kappa shape index (κ3) is 1.57. The van der Waals surface area contributed by atoms with E-state index < -0.39 is 0 Å². The molecule has 0 bridgehead atoms. The first kappa shape index (κ1) is 9.64. The van der Waals surface area contributed by atoms with E-state index in [4.69, 9.17) is 5.11 Å². The maximum absolute atomic E-state index is 11.8. The van der Waals surface area contributed by atoms with Gasteiger partial charge < -0.3 is 10.4 Å². The largest absolute Gasteiger partial charge is 0.393 e. The molecule has 3 aliphatic carbocycles. The predicted octanol–water partition coefficient (Wildman–Crippen LogP) is 1.21. The average molecular weight is 209 g/mol. The van der Waals surface area contributed by atoms with Crippen molar-refractivity contribution in [1.82, 2.24) is 5.32 Å². The Morgan fingerprint density at radius 3 is 2.33 bits per heavy atom. The molecule has 15 heavy (non-hydrogen) atoms. The van der Waals surface area contributed by atoms with Crippen LogP contribution in [0.2, 0.25) is 0 Å². The molecule has 3 nitrogen and oxygen atoms in total. The molecular formula is C12H19NO2. The van der Waals surface area contributed by atoms with Gasteiger partial charge in [0.2, 0.25) is 5.91 Å². The summed E-state index contributed by atoms with van der Waals surface area (Å²) >= 11 is 0. The van der Waals surface area contributed by atoms with E-state index in [-0.39, 0.29) is 23.5 Å². The summed E-state index contributed by atoms with van der Waals surface area (Å²) in [6.45, 7) is 0. The highest BCUT2D eigenvalue weighted by Gasteiger charge is 2.53. The van der Waals surface area contributed by atoms with Crippen molar-refractivity contribution in [2.45, 2.75) is 56.6 Å². The van der Waals surface area contributed by atoms with Gasteiger partial charge in [0.1, 0.15) is 0 Å². The van der Waals surface area contributed by atoms with Gasteiger partial charge in [0, 0.05) is 11.5 Å². The van der Waals surface area contributed by atoms with Crippen LogP contribution in [0.5, 0.6) is 0 Å². The molecule has 0 aromatic carbocycles. The van der Waals surface area contributed by atoms with E-state index in [2.05, 4.69) is 5.32 Å². The minimum atomic E-state index is -0.223. The van der Waals surface area contributed by atoms with E-state index in [1.54, 1.807) is 0 Å². The molecule has 0 atom stereocenters. The van der Waals surface area contributed by atoms with Crippen molar-refractivity contribution in [3.05, 3.63) is 0 Å². The maximum atomic E-state index is 11.8. The maximum Gasteiger partial charge on any atom is 0.223 e. The molecule has 2 N–H and O–H groups in total. The number of amides is 1. The molecule has 3 heteroatoms. The molecule has 0 radical (unpaired) electrons. The molecule has 3 rings (SSSR count). The van der Waals surface area contributed by atoms with Gasteiger partial charge >= 0.3 is 0 Å². The van der Waals surface area contributed by atoms with Crippen molar-refractivity contribution < 1.29 is 9.90 Å². The van der Waals surface area contributed by atoms with E-state index in [9.17, 15) is 4.79 Å². The second kappa shape index (κ2) is 3.21. The summed E-state index contributed by atoms with van der Waals surface area (Å²) in [5.74, 6) is 1.05. The Kier molecular flexibility index (Phi) is 2.06. The standard InChI is InChI=1S/C12H19NO2/c14-10-6-8(7-10)11(15)13-12(4-5-12)9-2-1-3-9/h8-10,14H,1-7H2,(H,13,15). The molecule has 0 unspecified atom stereocenters. The summed E-state index contributed by atoms with van der Waals surface area (Å²) in [7, 11) is 0. The number of carbonyl (C=O) groups excluding carboxylic acids is 1. The Morgan fingerprint density at radius 1 is 1.27 bits per heavy atom. The Balaban J connectivity index is 1.54. The molecule has 0 aromatic rings. The van der Waals surface area contributed by atoms with Gasteiger partial charge in [-0.25, -0.2) is 0 Å². The van der Waals surface area contributed by atoms with Crippen LogP contribution in [0.3, 0.4) is 0 Å². The van der Waals surface area contributed by atoms with E-state index in [1.807, 2.05) is 0 Å². The van der Waals surface area contributed by atoms with Crippen LogP contribution in [0.1, 0.15) is 44.9 Å². The first-order valence-electron chi connectivity index (χ1n) is 6.20. The average Bonchev–Trinajstić information content (AvgIpc) is 2.76. The van der Waals surface area contributed by atoms with Crippen molar-refractivity contribution in [2.24, 2.45) is 11.8 Å². The summed E-state index contributed by atoms with van der Waals surface area (Å²) in [5.41, 5.74) is 0.190. The smallest absolute Gasteiger partial charge is 0.223 e. The number of hydrogen-bond acceptors (Lipinski definition) is 2. The zero-order valence-corrected chi connectivity index (χ0v) is 9.04. The van der Waals surface area contributed by atoms with Gasteiger partial charge in [-0.3, -0.25) is 4.79 Å². The zero-order valence-electron chi connectivity index (χ0n) is 9.04. The fourth-order valence-corrected chi connectivity index (χ4v) is 2.88. The van der Waals surface area contributed by atoms with Crippen molar-refractivity contribution >= 4 is 5.91 Å². The molecule has 0 aromatic heterocycles. The number of carbonyl (C=O) groups is 1. The first-order valence-corrected chi connectivity index (χ1v) is 6.20. The normalized spacial score (nSPS) is 37.7. The van der Waals surface area contributed by atoms with Crippen LogP contribution < -0.4 is 5.32 Å². The minimum Gasteiger partial charge on any atom is -0.393 e. The van der Waals surface area contributed by atoms with E-state index in [0.29, 0.717) is 12.8 Å². The zero-order chi connectivity index (χ0) is 10.5. The molecule has 84 valence electrons. The summed E-state index contributed by atoms with van der Waals surface area (Å²) in [6.07, 6.45) is 7.42. The summed E-state index contributed by atoms with van der Waals surface area (Å²) in [6, 6.07) is 0. The van der Waals surface area contributed by atoms with Crippen molar-refractivity contribution in [1.29, 1.82) is 0 Å². The van der Waals surface area contributed by atoms with Crippen LogP contribution in [0, 0.1) is 11.8 Å². The van der Waals surface area contributed by atoms with E-state index in [0.717, 1.165) is 5.92 Å². The third-order valence-corrected chi connectivity index (χ3v) is 4.53. The van der Waals surface area contributed by atoms with Gasteiger partial charge in [0.15, 0.2) is 0 Å². The van der Waals surface area contributed by atoms with Crippen LogP contribution in [0.15, 0.2) is 0 Å². The highest BCUT2D eigenvalue weighted by Crippen LogP contribution is 2.51. The number of aliphatic hydroxyl groups is 1. The minimum absolute atomic E-state index is 0.0950. The molecule has 3 aliphatic rings. The fraction of sp³-hybridized carbons (Fsp3) is 0.917. The number of nitrogens with one attached hydrogen (secondary N) is 1. The van der Waals surface area contributed by atoms with Gasteiger partial charge in [0.25, 0.3) is 0 Å². The topological polar surface area (TPSA) is 49.3 Å². The molecule has 0 heterocycles. The molecule has 3 saturated carbocycles. The van der Waals surface area contributed by atoms with Gasteiger partial charge in [-0.1, -0.05) is 6.42 Å². The van der Waals surface area contributed by atoms with Crippen molar-refractivity contribution in [3.63, 3.8) is 0 Å². The monoisotopic (exact) mass is 209 g/mol. The Hall–Kier alpha value is -0.570. The van der Waals surface area contributed by atoms with Crippen LogP contribution in [-0.2, 0) is 4.79 Å². The third-order valence-electron chi connectivity index (χ3n) is 4.53. The summed E-state index contributed by atoms with van der Waals surface area (Å²) in [4.78, 5) is 11.8. The molecule has 3 fully saturated rings. The van der Waals surface area contributed by atoms with Crippen molar-refractivity contribution in [2.75, 3.05) is 0 Å². The lowest BCUT2D eigenvalue weighted by Crippen LogP contribution is -2.50. The predicted molar refractivity (Wildman–Crippen MR) is 56.2 cm³/mol. The fourth-order valence-electron chi connectivity index (χ4n) is 2.88. The molecular weight excluding hydrogens is 190 g/mol. The highest BCUT2D eigenvalue weighted by atomic mass is 16.3.